The van der Waals surface area contributed by atoms with E-state index in [4.69, 9.17) is 11.6 Å². The van der Waals surface area contributed by atoms with Gasteiger partial charge in [-0.1, -0.05) is 23.7 Å². The molecule has 2 aromatic rings. The van der Waals surface area contributed by atoms with Gasteiger partial charge >= 0.3 is 6.18 Å². The van der Waals surface area contributed by atoms with Crippen LogP contribution in [0.15, 0.2) is 58.3 Å². The third-order valence-electron chi connectivity index (χ3n) is 3.01. The van der Waals surface area contributed by atoms with E-state index in [9.17, 15) is 30.0 Å². The minimum atomic E-state index is -4.70. The van der Waals surface area contributed by atoms with Gasteiger partial charge in [0.1, 0.15) is 11.4 Å². The van der Waals surface area contributed by atoms with E-state index in [0.29, 0.717) is 0 Å². The molecule has 0 unspecified atom stereocenters. The Kier molecular flexibility index (Phi) is 5.85. The van der Waals surface area contributed by atoms with E-state index >= 15 is 0 Å². The Labute approximate surface area is 153 Å². The molecule has 142 valence electrons. The molecule has 26 heavy (non-hydrogen) atoms. The van der Waals surface area contributed by atoms with E-state index in [1.807, 2.05) is 0 Å². The predicted molar refractivity (Wildman–Crippen MR) is 89.9 cm³/mol. The fraction of sp³-hybridized carbons (Fsp3) is 0.143. The molecular weight excluding hydrogens is 417 g/mol. The molecule has 12 heteroatoms. The summed E-state index contributed by atoms with van der Waals surface area (Å²) < 4.78 is 88.1. The number of hydrogen-bond donors (Lipinski definition) is 2. The largest absolute Gasteiger partial charge is 0.402 e. The van der Waals surface area contributed by atoms with Crippen molar-refractivity contribution in [2.75, 3.05) is 11.3 Å². The van der Waals surface area contributed by atoms with E-state index in [1.54, 1.807) is 6.07 Å². The van der Waals surface area contributed by atoms with Crippen molar-refractivity contribution in [2.45, 2.75) is 16.0 Å². The number of hydrogen-bond acceptors (Lipinski definition) is 4. The highest BCUT2D eigenvalue weighted by molar-refractivity contribution is 7.92. The Morgan fingerprint density at radius 1 is 0.885 bits per heavy atom. The van der Waals surface area contributed by atoms with Crippen molar-refractivity contribution in [3.63, 3.8) is 0 Å². The average Bonchev–Trinajstić information content (AvgIpc) is 2.53. The number of rotatable bonds is 6. The predicted octanol–water partition coefficient (Wildman–Crippen LogP) is 2.98. The molecule has 0 radical (unpaired) electrons. The molecular formula is C14H12ClF3N2O4S2. The van der Waals surface area contributed by atoms with E-state index in [2.05, 4.69) is 4.72 Å². The maximum atomic E-state index is 12.3. The van der Waals surface area contributed by atoms with Crippen LogP contribution in [0.25, 0.3) is 0 Å². The molecule has 0 fully saturated rings. The second kappa shape index (κ2) is 7.43. The maximum Gasteiger partial charge on any atom is 0.402 e. The van der Waals surface area contributed by atoms with Gasteiger partial charge in [0.05, 0.1) is 9.92 Å². The molecule has 2 N–H and O–H groups in total. The van der Waals surface area contributed by atoms with Crippen molar-refractivity contribution in [2.24, 2.45) is 0 Å². The lowest BCUT2D eigenvalue weighted by molar-refractivity contribution is -0.121. The molecule has 2 rings (SSSR count). The topological polar surface area (TPSA) is 92.3 Å². The number of benzene rings is 2. The Morgan fingerprint density at radius 2 is 1.46 bits per heavy atom. The normalized spacial score (nSPS) is 12.8. The van der Waals surface area contributed by atoms with Gasteiger partial charge in [0, 0.05) is 5.69 Å². The second-order valence-corrected chi connectivity index (χ2v) is 8.83. The molecule has 0 saturated carbocycles. The van der Waals surface area contributed by atoms with Gasteiger partial charge in [0.15, 0.2) is 0 Å². The first kappa shape index (κ1) is 20.5. The molecule has 0 amide bonds. The van der Waals surface area contributed by atoms with Gasteiger partial charge in [-0.05, 0) is 36.4 Å². The van der Waals surface area contributed by atoms with E-state index < -0.39 is 37.7 Å². The minimum Gasteiger partial charge on any atom is -0.280 e. The highest BCUT2D eigenvalue weighted by Gasteiger charge is 2.30. The quantitative estimate of drug-likeness (QED) is 0.739. The summed E-state index contributed by atoms with van der Waals surface area (Å²) in [6.07, 6.45) is -4.70. The van der Waals surface area contributed by atoms with E-state index in [1.165, 1.54) is 22.9 Å². The Hall–Kier alpha value is -1.82. The van der Waals surface area contributed by atoms with Crippen molar-refractivity contribution in [1.29, 1.82) is 0 Å². The van der Waals surface area contributed by atoms with Gasteiger partial charge in [-0.2, -0.15) is 13.2 Å². The third kappa shape index (κ3) is 5.34. The van der Waals surface area contributed by atoms with Crippen LogP contribution in [0.3, 0.4) is 0 Å². The van der Waals surface area contributed by atoms with Gasteiger partial charge in [-0.3, -0.25) is 4.72 Å². The lowest BCUT2D eigenvalue weighted by Gasteiger charge is -2.11. The second-order valence-electron chi connectivity index (χ2n) is 5.00. The van der Waals surface area contributed by atoms with Crippen molar-refractivity contribution in [3.05, 3.63) is 53.6 Å². The molecule has 0 heterocycles. The van der Waals surface area contributed by atoms with Crippen LogP contribution >= 0.6 is 11.6 Å². The van der Waals surface area contributed by atoms with Crippen LogP contribution in [0.4, 0.5) is 18.9 Å². The zero-order valence-electron chi connectivity index (χ0n) is 12.8. The fourth-order valence-electron chi connectivity index (χ4n) is 1.84. The zero-order chi connectivity index (χ0) is 19.6. The summed E-state index contributed by atoms with van der Waals surface area (Å²) in [6.45, 7) is -1.71. The van der Waals surface area contributed by atoms with Crippen LogP contribution in [0.1, 0.15) is 0 Å². The third-order valence-corrected chi connectivity index (χ3v) is 6.30. The summed E-state index contributed by atoms with van der Waals surface area (Å²) in [5.74, 6) is 0. The monoisotopic (exact) mass is 428 g/mol. The molecule has 0 spiro atoms. The van der Waals surface area contributed by atoms with Crippen molar-refractivity contribution in [1.82, 2.24) is 4.72 Å². The summed E-state index contributed by atoms with van der Waals surface area (Å²) in [4.78, 5) is -0.618. The highest BCUT2D eigenvalue weighted by atomic mass is 35.5. The lowest BCUT2D eigenvalue weighted by atomic mass is 10.3. The van der Waals surface area contributed by atoms with Crippen molar-refractivity contribution in [3.8, 4) is 0 Å². The standard InChI is InChI=1S/C14H12ClF3N2O4S2/c15-12-3-1-2-4-13(12)26(23,24)20-10-5-7-11(8-6-10)25(21,22)19-9-14(16,17)18/h1-8,19-20H,9H2. The van der Waals surface area contributed by atoms with Crippen LogP contribution in [0, 0.1) is 0 Å². The lowest BCUT2D eigenvalue weighted by Crippen LogP contribution is -2.33. The fourth-order valence-corrected chi connectivity index (χ4v) is 4.43. The molecule has 2 aromatic carbocycles. The number of anilines is 1. The Morgan fingerprint density at radius 3 is 2.00 bits per heavy atom. The van der Waals surface area contributed by atoms with Gasteiger partial charge in [0.2, 0.25) is 10.0 Å². The summed E-state index contributed by atoms with van der Waals surface area (Å²) in [6, 6.07) is 9.86. The van der Waals surface area contributed by atoms with Crippen LogP contribution in [0.5, 0.6) is 0 Å². The first-order valence-electron chi connectivity index (χ1n) is 6.84. The van der Waals surface area contributed by atoms with Crippen LogP contribution < -0.4 is 9.44 Å². The Bertz CT molecular complexity index is 992. The number of alkyl halides is 3. The molecule has 0 bridgehead atoms. The van der Waals surface area contributed by atoms with Crippen LogP contribution in [-0.4, -0.2) is 29.6 Å². The molecule has 0 aliphatic carbocycles. The van der Waals surface area contributed by atoms with E-state index in [0.717, 1.165) is 24.3 Å². The SMILES string of the molecule is O=S(=O)(NCC(F)(F)F)c1ccc(NS(=O)(=O)c2ccccc2Cl)cc1. The summed E-state index contributed by atoms with van der Waals surface area (Å²) in [5.41, 5.74) is 0.0136. The van der Waals surface area contributed by atoms with Gasteiger partial charge in [-0.25, -0.2) is 21.6 Å². The summed E-state index contributed by atoms with van der Waals surface area (Å²) in [7, 11) is -8.40. The van der Waals surface area contributed by atoms with Crippen molar-refractivity contribution >= 4 is 37.3 Å². The maximum absolute atomic E-state index is 12.3. The average molecular weight is 429 g/mol. The first-order valence-corrected chi connectivity index (χ1v) is 10.2. The number of halogens is 4. The summed E-state index contributed by atoms with van der Waals surface area (Å²) >= 11 is 5.83. The smallest absolute Gasteiger partial charge is 0.280 e. The van der Waals surface area contributed by atoms with Gasteiger partial charge in [-0.15, -0.1) is 0 Å². The number of sulfonamides is 2. The van der Waals surface area contributed by atoms with Gasteiger partial charge < -0.3 is 0 Å². The molecule has 6 nitrogen and oxygen atoms in total. The number of nitrogens with one attached hydrogen (secondary N) is 2. The van der Waals surface area contributed by atoms with Crippen LogP contribution in [-0.2, 0) is 20.0 Å². The zero-order valence-corrected chi connectivity index (χ0v) is 15.2. The molecule has 0 aromatic heterocycles. The van der Waals surface area contributed by atoms with Crippen molar-refractivity contribution < 1.29 is 30.0 Å². The highest BCUT2D eigenvalue weighted by Crippen LogP contribution is 2.24. The molecule has 0 aliphatic rings. The Balaban J connectivity index is 2.19. The first-order chi connectivity index (χ1) is 11.9. The summed E-state index contributed by atoms with van der Waals surface area (Å²) in [5, 5.41) is -0.00412. The molecule has 0 atom stereocenters. The van der Waals surface area contributed by atoms with Crippen LogP contribution in [0.2, 0.25) is 5.02 Å². The van der Waals surface area contributed by atoms with E-state index in [-0.39, 0.29) is 15.6 Å². The molecule has 0 saturated heterocycles. The van der Waals surface area contributed by atoms with Gasteiger partial charge in [0.25, 0.3) is 10.0 Å². The minimum absolute atomic E-state index is 0.00412. The molecule has 0 aliphatic heterocycles.